The summed E-state index contributed by atoms with van der Waals surface area (Å²) in [5.41, 5.74) is 2.56. The SMILES string of the molecule is O=C(CCCCCc1ccccc1)N1CCc2occc2C1. The molecule has 3 nitrogen and oxygen atoms in total. The van der Waals surface area contributed by atoms with Gasteiger partial charge in [0, 0.05) is 31.5 Å². The summed E-state index contributed by atoms with van der Waals surface area (Å²) >= 11 is 0. The van der Waals surface area contributed by atoms with E-state index in [-0.39, 0.29) is 5.91 Å². The molecule has 0 saturated heterocycles. The number of carbonyl (C=O) groups is 1. The van der Waals surface area contributed by atoms with Gasteiger partial charge in [-0.3, -0.25) is 4.79 Å². The summed E-state index contributed by atoms with van der Waals surface area (Å²) < 4.78 is 5.40. The van der Waals surface area contributed by atoms with Crippen LogP contribution < -0.4 is 0 Å². The zero-order valence-corrected chi connectivity index (χ0v) is 13.0. The summed E-state index contributed by atoms with van der Waals surface area (Å²) in [5.74, 6) is 1.33. The van der Waals surface area contributed by atoms with E-state index in [9.17, 15) is 4.79 Å². The van der Waals surface area contributed by atoms with Gasteiger partial charge >= 0.3 is 0 Å². The maximum atomic E-state index is 12.3. The van der Waals surface area contributed by atoms with Crippen LogP contribution in [0.1, 0.15) is 42.6 Å². The molecule has 2 heterocycles. The molecular weight excluding hydrogens is 274 g/mol. The molecule has 0 spiro atoms. The number of unbranched alkanes of at least 4 members (excludes halogenated alkanes) is 2. The lowest BCUT2D eigenvalue weighted by Gasteiger charge is -2.26. The van der Waals surface area contributed by atoms with Crippen LogP contribution in [-0.2, 0) is 24.2 Å². The second kappa shape index (κ2) is 7.30. The molecule has 0 unspecified atom stereocenters. The van der Waals surface area contributed by atoms with Gasteiger partial charge in [0.2, 0.25) is 5.91 Å². The molecule has 0 radical (unpaired) electrons. The van der Waals surface area contributed by atoms with E-state index in [1.165, 1.54) is 11.1 Å². The molecule has 1 amide bonds. The average Bonchev–Trinajstić information content (AvgIpc) is 3.03. The maximum Gasteiger partial charge on any atom is 0.222 e. The maximum absolute atomic E-state index is 12.3. The van der Waals surface area contributed by atoms with E-state index in [0.29, 0.717) is 13.0 Å². The van der Waals surface area contributed by atoms with Crippen LogP contribution in [0.4, 0.5) is 0 Å². The highest BCUT2D eigenvalue weighted by Crippen LogP contribution is 2.20. The van der Waals surface area contributed by atoms with E-state index in [4.69, 9.17) is 4.42 Å². The topological polar surface area (TPSA) is 33.5 Å². The van der Waals surface area contributed by atoms with Crippen LogP contribution in [0.5, 0.6) is 0 Å². The number of carbonyl (C=O) groups excluding carboxylic acids is 1. The molecule has 0 bridgehead atoms. The fourth-order valence-corrected chi connectivity index (χ4v) is 3.05. The second-order valence-electron chi connectivity index (χ2n) is 5.98. The van der Waals surface area contributed by atoms with Crippen LogP contribution in [0.2, 0.25) is 0 Å². The lowest BCUT2D eigenvalue weighted by Crippen LogP contribution is -2.35. The van der Waals surface area contributed by atoms with Crippen molar-refractivity contribution in [2.75, 3.05) is 6.54 Å². The summed E-state index contributed by atoms with van der Waals surface area (Å²) in [6, 6.07) is 12.5. The van der Waals surface area contributed by atoms with Crippen molar-refractivity contribution in [3.8, 4) is 0 Å². The van der Waals surface area contributed by atoms with E-state index in [1.54, 1.807) is 6.26 Å². The van der Waals surface area contributed by atoms with Crippen LogP contribution in [-0.4, -0.2) is 17.4 Å². The van der Waals surface area contributed by atoms with Gasteiger partial charge in [0.25, 0.3) is 0 Å². The van der Waals surface area contributed by atoms with Gasteiger partial charge in [-0.15, -0.1) is 0 Å². The van der Waals surface area contributed by atoms with Crippen molar-refractivity contribution in [1.29, 1.82) is 0 Å². The predicted octanol–water partition coefficient (Wildman–Crippen LogP) is 3.97. The Morgan fingerprint density at radius 1 is 1.09 bits per heavy atom. The van der Waals surface area contributed by atoms with E-state index >= 15 is 0 Å². The number of furan rings is 1. The average molecular weight is 297 g/mol. The van der Waals surface area contributed by atoms with Crippen LogP contribution in [0, 0.1) is 0 Å². The van der Waals surface area contributed by atoms with Gasteiger partial charge in [0.15, 0.2) is 0 Å². The fourth-order valence-electron chi connectivity index (χ4n) is 3.05. The Morgan fingerprint density at radius 3 is 2.82 bits per heavy atom. The highest BCUT2D eigenvalue weighted by Gasteiger charge is 2.21. The molecule has 3 heteroatoms. The molecule has 1 aromatic carbocycles. The first-order chi connectivity index (χ1) is 10.8. The first kappa shape index (κ1) is 14.9. The van der Waals surface area contributed by atoms with Gasteiger partial charge in [0.1, 0.15) is 5.76 Å². The molecule has 1 aliphatic heterocycles. The third-order valence-corrected chi connectivity index (χ3v) is 4.36. The van der Waals surface area contributed by atoms with E-state index in [0.717, 1.165) is 44.4 Å². The Balaban J connectivity index is 1.35. The zero-order chi connectivity index (χ0) is 15.2. The van der Waals surface area contributed by atoms with E-state index < -0.39 is 0 Å². The number of fused-ring (bicyclic) bond motifs is 1. The monoisotopic (exact) mass is 297 g/mol. The minimum absolute atomic E-state index is 0.284. The Kier molecular flexibility index (Phi) is 4.94. The number of nitrogens with zero attached hydrogens (tertiary/aromatic N) is 1. The molecule has 22 heavy (non-hydrogen) atoms. The number of amides is 1. The van der Waals surface area contributed by atoms with Crippen molar-refractivity contribution in [1.82, 2.24) is 4.90 Å². The minimum Gasteiger partial charge on any atom is -0.469 e. The largest absolute Gasteiger partial charge is 0.469 e. The molecule has 2 aromatic rings. The van der Waals surface area contributed by atoms with Crippen molar-refractivity contribution in [3.63, 3.8) is 0 Å². The number of aryl methyl sites for hydroxylation is 1. The van der Waals surface area contributed by atoms with E-state index in [2.05, 4.69) is 24.3 Å². The molecule has 116 valence electrons. The highest BCUT2D eigenvalue weighted by molar-refractivity contribution is 5.76. The summed E-state index contributed by atoms with van der Waals surface area (Å²) in [6.45, 7) is 1.51. The van der Waals surface area contributed by atoms with Crippen LogP contribution in [0.25, 0.3) is 0 Å². The summed E-state index contributed by atoms with van der Waals surface area (Å²) in [6.07, 6.45) is 7.61. The summed E-state index contributed by atoms with van der Waals surface area (Å²) in [7, 11) is 0. The quantitative estimate of drug-likeness (QED) is 0.756. The molecule has 0 aliphatic carbocycles. The van der Waals surface area contributed by atoms with Crippen LogP contribution >= 0.6 is 0 Å². The Morgan fingerprint density at radius 2 is 1.95 bits per heavy atom. The van der Waals surface area contributed by atoms with Crippen molar-refractivity contribution >= 4 is 5.91 Å². The number of hydrogen-bond donors (Lipinski definition) is 0. The van der Waals surface area contributed by atoms with Gasteiger partial charge in [-0.25, -0.2) is 0 Å². The fraction of sp³-hybridized carbons (Fsp3) is 0.421. The van der Waals surface area contributed by atoms with Gasteiger partial charge in [-0.2, -0.15) is 0 Å². The van der Waals surface area contributed by atoms with Gasteiger partial charge in [0.05, 0.1) is 6.26 Å². The Hall–Kier alpha value is -2.03. The van der Waals surface area contributed by atoms with Gasteiger partial charge < -0.3 is 9.32 Å². The molecule has 3 rings (SSSR count). The Labute approximate surface area is 131 Å². The first-order valence-corrected chi connectivity index (χ1v) is 8.20. The smallest absolute Gasteiger partial charge is 0.222 e. The predicted molar refractivity (Wildman–Crippen MR) is 86.4 cm³/mol. The van der Waals surface area contributed by atoms with Crippen molar-refractivity contribution in [3.05, 3.63) is 59.5 Å². The third kappa shape index (κ3) is 3.79. The molecule has 0 N–H and O–H groups in total. The minimum atomic E-state index is 0.284. The van der Waals surface area contributed by atoms with Gasteiger partial charge in [-0.05, 0) is 30.9 Å². The molecular formula is C19H23NO2. The standard InChI is InChI=1S/C19H23NO2/c21-19(20-13-11-18-17(15-20)12-14-22-18)10-6-2-5-9-16-7-3-1-4-8-16/h1,3-4,7-8,12,14H,2,5-6,9-11,13,15H2. The molecule has 0 atom stereocenters. The lowest BCUT2D eigenvalue weighted by molar-refractivity contribution is -0.132. The van der Waals surface area contributed by atoms with Crippen molar-refractivity contribution in [2.24, 2.45) is 0 Å². The normalized spacial score (nSPS) is 13.9. The number of rotatable bonds is 6. The first-order valence-electron chi connectivity index (χ1n) is 8.20. The number of benzene rings is 1. The van der Waals surface area contributed by atoms with Crippen molar-refractivity contribution < 1.29 is 9.21 Å². The second-order valence-corrected chi connectivity index (χ2v) is 5.98. The molecule has 0 fully saturated rings. The highest BCUT2D eigenvalue weighted by atomic mass is 16.3. The third-order valence-electron chi connectivity index (χ3n) is 4.36. The lowest BCUT2D eigenvalue weighted by atomic mass is 10.0. The van der Waals surface area contributed by atoms with Crippen molar-refractivity contribution in [2.45, 2.75) is 45.1 Å². The Bertz CT molecular complexity index is 603. The van der Waals surface area contributed by atoms with Crippen LogP contribution in [0.3, 0.4) is 0 Å². The number of hydrogen-bond acceptors (Lipinski definition) is 2. The molecule has 1 aliphatic rings. The summed E-state index contributed by atoms with van der Waals surface area (Å²) in [5, 5.41) is 0. The van der Waals surface area contributed by atoms with Gasteiger partial charge in [-0.1, -0.05) is 36.8 Å². The van der Waals surface area contributed by atoms with Crippen LogP contribution in [0.15, 0.2) is 47.1 Å². The zero-order valence-electron chi connectivity index (χ0n) is 13.0. The molecule has 0 saturated carbocycles. The molecule has 1 aromatic heterocycles. The summed E-state index contributed by atoms with van der Waals surface area (Å²) in [4.78, 5) is 14.2. The van der Waals surface area contributed by atoms with E-state index in [1.807, 2.05) is 17.0 Å².